The van der Waals surface area contributed by atoms with E-state index in [1.165, 1.54) is 6.92 Å². The molecule has 0 aliphatic carbocycles. The van der Waals surface area contributed by atoms with Crippen molar-refractivity contribution < 1.29 is 24.2 Å². The van der Waals surface area contributed by atoms with E-state index in [1.54, 1.807) is 13.8 Å². The molecule has 1 N–H and O–H groups in total. The summed E-state index contributed by atoms with van der Waals surface area (Å²) in [6.07, 6.45) is 2.53. The highest BCUT2D eigenvalue weighted by Gasteiger charge is 2.46. The van der Waals surface area contributed by atoms with Crippen molar-refractivity contribution in [2.24, 2.45) is 11.8 Å². The second kappa shape index (κ2) is 6.01. The van der Waals surface area contributed by atoms with Gasteiger partial charge in [0.15, 0.2) is 5.60 Å². The van der Waals surface area contributed by atoms with Gasteiger partial charge in [0.05, 0.1) is 6.04 Å². The zero-order valence-corrected chi connectivity index (χ0v) is 14.4. The number of esters is 2. The summed E-state index contributed by atoms with van der Waals surface area (Å²) in [6, 6.07) is -0.0494. The SMILES string of the molecule is C=C1C(=O)O[C@@H]2CCN3CC=C(COC(=O)[C@](C)(O)[C@H](C)[C@H]1C)C23. The van der Waals surface area contributed by atoms with E-state index in [0.29, 0.717) is 0 Å². The Bertz CT molecular complexity index is 609. The first-order chi connectivity index (χ1) is 11.2. The van der Waals surface area contributed by atoms with E-state index in [9.17, 15) is 14.7 Å². The molecule has 6 heteroatoms. The Morgan fingerprint density at radius 1 is 1.38 bits per heavy atom. The molecule has 3 heterocycles. The number of ether oxygens (including phenoxy) is 2. The largest absolute Gasteiger partial charge is 0.459 e. The summed E-state index contributed by atoms with van der Waals surface area (Å²) in [5.41, 5.74) is -0.491. The molecule has 0 aromatic carbocycles. The van der Waals surface area contributed by atoms with E-state index < -0.39 is 29.4 Å². The van der Waals surface area contributed by atoms with Gasteiger partial charge in [-0.3, -0.25) is 4.90 Å². The molecule has 2 saturated heterocycles. The van der Waals surface area contributed by atoms with Crippen LogP contribution in [0.25, 0.3) is 0 Å². The van der Waals surface area contributed by atoms with Gasteiger partial charge in [0.2, 0.25) is 0 Å². The molecule has 0 bridgehead atoms. The molecule has 132 valence electrons. The van der Waals surface area contributed by atoms with E-state index in [1.807, 2.05) is 6.08 Å². The van der Waals surface area contributed by atoms with Gasteiger partial charge in [0, 0.05) is 24.6 Å². The molecule has 0 spiro atoms. The van der Waals surface area contributed by atoms with Crippen LogP contribution in [0.4, 0.5) is 0 Å². The minimum Gasteiger partial charge on any atom is -0.459 e. The maximum atomic E-state index is 12.5. The number of carbonyl (C=O) groups is 2. The highest BCUT2D eigenvalue weighted by Crippen LogP contribution is 2.35. The Labute approximate surface area is 142 Å². The lowest BCUT2D eigenvalue weighted by Gasteiger charge is -2.34. The molecule has 3 aliphatic rings. The predicted octanol–water partition coefficient (Wildman–Crippen LogP) is 1.05. The van der Waals surface area contributed by atoms with Gasteiger partial charge in [-0.2, -0.15) is 0 Å². The first-order valence-electron chi connectivity index (χ1n) is 8.45. The second-order valence-electron chi connectivity index (χ2n) is 7.28. The average molecular weight is 335 g/mol. The van der Waals surface area contributed by atoms with Crippen LogP contribution in [0, 0.1) is 11.8 Å². The van der Waals surface area contributed by atoms with Crippen molar-refractivity contribution in [2.45, 2.75) is 44.9 Å². The van der Waals surface area contributed by atoms with E-state index in [2.05, 4.69) is 11.5 Å². The summed E-state index contributed by atoms with van der Waals surface area (Å²) >= 11 is 0. The smallest absolute Gasteiger partial charge is 0.338 e. The highest BCUT2D eigenvalue weighted by molar-refractivity contribution is 5.89. The number of rotatable bonds is 0. The standard InChI is InChI=1S/C18H25NO5/c1-10-11(2)16(20)24-14-6-8-19-7-5-13(15(14)19)9-23-17(21)18(4,22)12(10)3/h5,10,12,14-15,22H,2,6-9H2,1,3-4H3/t10-,12+,14+,15?,18+/m0/s1. The van der Waals surface area contributed by atoms with E-state index in [0.717, 1.165) is 25.1 Å². The van der Waals surface area contributed by atoms with Crippen molar-refractivity contribution in [2.75, 3.05) is 19.7 Å². The second-order valence-corrected chi connectivity index (χ2v) is 7.28. The zero-order chi connectivity index (χ0) is 17.6. The Morgan fingerprint density at radius 3 is 2.79 bits per heavy atom. The minimum atomic E-state index is -1.70. The summed E-state index contributed by atoms with van der Waals surface area (Å²) in [5, 5.41) is 10.6. The molecular weight excluding hydrogens is 310 g/mol. The van der Waals surface area contributed by atoms with E-state index in [-0.39, 0.29) is 24.3 Å². The Morgan fingerprint density at radius 2 is 2.08 bits per heavy atom. The predicted molar refractivity (Wildman–Crippen MR) is 87.0 cm³/mol. The number of hydrogen-bond acceptors (Lipinski definition) is 6. The van der Waals surface area contributed by atoms with Crippen molar-refractivity contribution in [3.8, 4) is 0 Å². The maximum absolute atomic E-state index is 12.5. The van der Waals surface area contributed by atoms with Crippen molar-refractivity contribution in [1.82, 2.24) is 4.90 Å². The summed E-state index contributed by atoms with van der Waals surface area (Å²) < 4.78 is 11.1. The van der Waals surface area contributed by atoms with Gasteiger partial charge in [0.25, 0.3) is 0 Å². The highest BCUT2D eigenvalue weighted by atomic mass is 16.6. The van der Waals surface area contributed by atoms with Gasteiger partial charge in [-0.25, -0.2) is 9.59 Å². The normalized spacial score (nSPS) is 41.0. The maximum Gasteiger partial charge on any atom is 0.338 e. The van der Waals surface area contributed by atoms with Gasteiger partial charge in [0.1, 0.15) is 12.7 Å². The van der Waals surface area contributed by atoms with Gasteiger partial charge in [-0.05, 0) is 24.8 Å². The molecule has 1 unspecified atom stereocenters. The molecular formula is C18H25NO5. The first-order valence-corrected chi connectivity index (χ1v) is 8.45. The van der Waals surface area contributed by atoms with Gasteiger partial charge < -0.3 is 14.6 Å². The third-order valence-electron chi connectivity index (χ3n) is 5.90. The fourth-order valence-corrected chi connectivity index (χ4v) is 3.79. The molecule has 5 atom stereocenters. The van der Waals surface area contributed by atoms with E-state index >= 15 is 0 Å². The summed E-state index contributed by atoms with van der Waals surface area (Å²) in [5.74, 6) is -2.05. The molecule has 3 rings (SSSR count). The van der Waals surface area contributed by atoms with Crippen LogP contribution in [-0.4, -0.2) is 59.4 Å². The van der Waals surface area contributed by atoms with Crippen LogP contribution in [0.2, 0.25) is 0 Å². The number of aliphatic hydroxyl groups is 1. The van der Waals surface area contributed by atoms with Crippen molar-refractivity contribution >= 4 is 11.9 Å². The topological polar surface area (TPSA) is 76.1 Å². The van der Waals surface area contributed by atoms with Crippen LogP contribution < -0.4 is 0 Å². The Kier molecular flexibility index (Phi) is 4.30. The molecule has 0 aromatic rings. The third kappa shape index (κ3) is 2.67. The van der Waals surface area contributed by atoms with Gasteiger partial charge >= 0.3 is 11.9 Å². The van der Waals surface area contributed by atoms with Crippen LogP contribution >= 0.6 is 0 Å². The lowest BCUT2D eigenvalue weighted by Crippen LogP contribution is -2.47. The summed E-state index contributed by atoms with van der Waals surface area (Å²) in [4.78, 5) is 27.1. The van der Waals surface area contributed by atoms with Crippen molar-refractivity contribution in [1.29, 1.82) is 0 Å². The monoisotopic (exact) mass is 335 g/mol. The fraction of sp³-hybridized carbons (Fsp3) is 0.667. The molecule has 0 amide bonds. The van der Waals surface area contributed by atoms with Crippen molar-refractivity contribution in [3.05, 3.63) is 23.8 Å². The quantitative estimate of drug-likeness (QED) is 0.405. The number of hydrogen-bond donors (Lipinski definition) is 1. The van der Waals surface area contributed by atoms with Crippen molar-refractivity contribution in [3.63, 3.8) is 0 Å². The van der Waals surface area contributed by atoms with Crippen LogP contribution in [0.3, 0.4) is 0 Å². The zero-order valence-electron chi connectivity index (χ0n) is 14.4. The molecule has 2 fully saturated rings. The molecule has 3 aliphatic heterocycles. The van der Waals surface area contributed by atoms with Crippen LogP contribution in [0.1, 0.15) is 27.2 Å². The number of nitrogens with zero attached hydrogens (tertiary/aromatic N) is 1. The Balaban J connectivity index is 1.92. The Hall–Kier alpha value is -1.66. The molecule has 0 aromatic heterocycles. The molecule has 24 heavy (non-hydrogen) atoms. The molecule has 6 nitrogen and oxygen atoms in total. The number of carbonyl (C=O) groups excluding carboxylic acids is 2. The van der Waals surface area contributed by atoms with E-state index in [4.69, 9.17) is 9.47 Å². The minimum absolute atomic E-state index is 0.0494. The van der Waals surface area contributed by atoms with Crippen LogP contribution in [0.5, 0.6) is 0 Å². The molecule has 0 radical (unpaired) electrons. The summed E-state index contributed by atoms with van der Waals surface area (Å²) in [7, 11) is 0. The summed E-state index contributed by atoms with van der Waals surface area (Å²) in [6.45, 7) is 10.5. The van der Waals surface area contributed by atoms with Gasteiger partial charge in [-0.1, -0.05) is 26.5 Å². The fourth-order valence-electron chi connectivity index (χ4n) is 3.79. The van der Waals surface area contributed by atoms with Crippen LogP contribution in [0.15, 0.2) is 23.8 Å². The van der Waals surface area contributed by atoms with Gasteiger partial charge in [-0.15, -0.1) is 0 Å². The first kappa shape index (κ1) is 17.2. The lowest BCUT2D eigenvalue weighted by molar-refractivity contribution is -0.170. The number of cyclic esters (lactones) is 1. The average Bonchev–Trinajstić information content (AvgIpc) is 3.12. The lowest BCUT2D eigenvalue weighted by atomic mass is 9.78. The third-order valence-corrected chi connectivity index (χ3v) is 5.90. The molecule has 0 saturated carbocycles. The van der Waals surface area contributed by atoms with Crippen LogP contribution in [-0.2, 0) is 19.1 Å².